The maximum atomic E-state index is 12.5. The average molecular weight is 389 g/mol. The van der Waals surface area contributed by atoms with Crippen molar-refractivity contribution in [3.8, 4) is 0 Å². The molecule has 4 amide bonds. The van der Waals surface area contributed by atoms with Gasteiger partial charge in [0.15, 0.2) is 0 Å². The van der Waals surface area contributed by atoms with Gasteiger partial charge < -0.3 is 20.4 Å². The number of nitrogens with zero attached hydrogens (tertiary/aromatic N) is 2. The van der Waals surface area contributed by atoms with Crippen LogP contribution in [0.1, 0.15) is 38.7 Å². The SMILES string of the molecule is CCC(C)C(=O)Nc1cccc(CNC(=O)C2CCN(C(=O)N(C)C)CC2)c1. The van der Waals surface area contributed by atoms with E-state index in [0.29, 0.717) is 32.5 Å². The van der Waals surface area contributed by atoms with E-state index in [-0.39, 0.29) is 29.7 Å². The van der Waals surface area contributed by atoms with Crippen molar-refractivity contribution in [3.05, 3.63) is 29.8 Å². The molecular formula is C21H32N4O3. The monoisotopic (exact) mass is 388 g/mol. The van der Waals surface area contributed by atoms with Crippen molar-refractivity contribution in [3.63, 3.8) is 0 Å². The van der Waals surface area contributed by atoms with Gasteiger partial charge in [0.1, 0.15) is 0 Å². The smallest absolute Gasteiger partial charge is 0.319 e. The van der Waals surface area contributed by atoms with Gasteiger partial charge in [-0.1, -0.05) is 26.0 Å². The summed E-state index contributed by atoms with van der Waals surface area (Å²) in [5, 5.41) is 5.90. The highest BCUT2D eigenvalue weighted by Gasteiger charge is 2.27. The summed E-state index contributed by atoms with van der Waals surface area (Å²) < 4.78 is 0. The van der Waals surface area contributed by atoms with Gasteiger partial charge in [0.05, 0.1) is 0 Å². The van der Waals surface area contributed by atoms with Crippen molar-refractivity contribution in [2.45, 2.75) is 39.7 Å². The second-order valence-electron chi connectivity index (χ2n) is 7.66. The van der Waals surface area contributed by atoms with Crippen molar-refractivity contribution in [1.29, 1.82) is 0 Å². The molecule has 0 aromatic heterocycles. The molecule has 7 nitrogen and oxygen atoms in total. The molecule has 1 fully saturated rings. The van der Waals surface area contributed by atoms with Crippen LogP contribution < -0.4 is 10.6 Å². The second kappa shape index (κ2) is 10.1. The summed E-state index contributed by atoms with van der Waals surface area (Å²) in [6, 6.07) is 7.54. The summed E-state index contributed by atoms with van der Waals surface area (Å²) in [4.78, 5) is 39.8. The number of urea groups is 1. The van der Waals surface area contributed by atoms with Crippen LogP contribution in [0.15, 0.2) is 24.3 Å². The molecule has 7 heteroatoms. The Morgan fingerprint density at radius 1 is 1.21 bits per heavy atom. The Kier molecular flexibility index (Phi) is 7.84. The molecule has 1 aliphatic rings. The van der Waals surface area contributed by atoms with Crippen molar-refractivity contribution in [2.75, 3.05) is 32.5 Å². The highest BCUT2D eigenvalue weighted by atomic mass is 16.2. The lowest BCUT2D eigenvalue weighted by Crippen LogP contribution is -2.46. The molecule has 0 bridgehead atoms. The van der Waals surface area contributed by atoms with Gasteiger partial charge in [-0.15, -0.1) is 0 Å². The predicted octanol–water partition coefficient (Wildman–Crippen LogP) is 2.68. The summed E-state index contributed by atoms with van der Waals surface area (Å²) in [5.41, 5.74) is 1.68. The van der Waals surface area contributed by atoms with Gasteiger partial charge >= 0.3 is 6.03 Å². The van der Waals surface area contributed by atoms with Gasteiger partial charge in [-0.3, -0.25) is 9.59 Å². The molecule has 1 unspecified atom stereocenters. The highest BCUT2D eigenvalue weighted by Crippen LogP contribution is 2.19. The Labute approximate surface area is 167 Å². The molecule has 1 aliphatic heterocycles. The minimum Gasteiger partial charge on any atom is -0.352 e. The van der Waals surface area contributed by atoms with Gasteiger partial charge in [0.25, 0.3) is 0 Å². The minimum atomic E-state index is -0.0699. The van der Waals surface area contributed by atoms with E-state index < -0.39 is 0 Å². The Hall–Kier alpha value is -2.57. The lowest BCUT2D eigenvalue weighted by atomic mass is 9.96. The van der Waals surface area contributed by atoms with E-state index in [4.69, 9.17) is 0 Å². The number of likely N-dealkylation sites (tertiary alicyclic amines) is 1. The lowest BCUT2D eigenvalue weighted by molar-refractivity contribution is -0.126. The topological polar surface area (TPSA) is 81.8 Å². The normalized spacial score (nSPS) is 15.6. The molecule has 0 radical (unpaired) electrons. The molecule has 1 heterocycles. The van der Waals surface area contributed by atoms with E-state index in [2.05, 4.69) is 10.6 Å². The zero-order chi connectivity index (χ0) is 20.7. The summed E-state index contributed by atoms with van der Waals surface area (Å²) in [6.07, 6.45) is 2.15. The van der Waals surface area contributed by atoms with Crippen LogP contribution in [0.25, 0.3) is 0 Å². The molecule has 154 valence electrons. The third kappa shape index (κ3) is 5.97. The first-order valence-corrected chi connectivity index (χ1v) is 9.95. The Balaban J connectivity index is 1.82. The maximum absolute atomic E-state index is 12.5. The van der Waals surface area contributed by atoms with Crippen molar-refractivity contribution in [2.24, 2.45) is 11.8 Å². The zero-order valence-corrected chi connectivity index (χ0v) is 17.3. The molecule has 1 atom stereocenters. The molecule has 0 spiro atoms. The number of amides is 4. The summed E-state index contributed by atoms with van der Waals surface area (Å²) in [6.45, 7) is 5.51. The van der Waals surface area contributed by atoms with E-state index in [1.54, 1.807) is 23.9 Å². The van der Waals surface area contributed by atoms with Gasteiger partial charge in [-0.05, 0) is 37.0 Å². The summed E-state index contributed by atoms with van der Waals surface area (Å²) in [5.74, 6) is -0.0817. The van der Waals surface area contributed by atoms with Gasteiger partial charge in [-0.2, -0.15) is 0 Å². The summed E-state index contributed by atoms with van der Waals surface area (Å²) >= 11 is 0. The second-order valence-corrected chi connectivity index (χ2v) is 7.66. The van der Waals surface area contributed by atoms with Gasteiger partial charge in [0, 0.05) is 51.3 Å². The minimum absolute atomic E-state index is 0.00252. The first-order valence-electron chi connectivity index (χ1n) is 9.95. The largest absolute Gasteiger partial charge is 0.352 e. The third-order valence-electron chi connectivity index (χ3n) is 5.24. The highest BCUT2D eigenvalue weighted by molar-refractivity contribution is 5.92. The van der Waals surface area contributed by atoms with Crippen LogP contribution >= 0.6 is 0 Å². The number of carbonyl (C=O) groups excluding carboxylic acids is 3. The van der Waals surface area contributed by atoms with Crippen LogP contribution in [0.3, 0.4) is 0 Å². The fourth-order valence-corrected chi connectivity index (χ4v) is 3.16. The predicted molar refractivity (Wildman–Crippen MR) is 110 cm³/mol. The number of carbonyl (C=O) groups is 3. The Morgan fingerprint density at radius 3 is 2.50 bits per heavy atom. The number of hydrogen-bond acceptors (Lipinski definition) is 3. The van der Waals surface area contributed by atoms with Crippen LogP contribution in [0.4, 0.5) is 10.5 Å². The molecule has 2 rings (SSSR count). The number of piperidine rings is 1. The van der Waals surface area contributed by atoms with Gasteiger partial charge in [0.2, 0.25) is 11.8 Å². The van der Waals surface area contributed by atoms with Crippen LogP contribution in [-0.4, -0.2) is 54.8 Å². The van der Waals surface area contributed by atoms with E-state index in [9.17, 15) is 14.4 Å². The van der Waals surface area contributed by atoms with Crippen LogP contribution in [0, 0.1) is 11.8 Å². The lowest BCUT2D eigenvalue weighted by Gasteiger charge is -2.33. The molecule has 0 aliphatic carbocycles. The van der Waals surface area contributed by atoms with E-state index in [1.165, 1.54) is 0 Å². The third-order valence-corrected chi connectivity index (χ3v) is 5.24. The molecule has 1 aromatic rings. The average Bonchev–Trinajstić information content (AvgIpc) is 2.71. The van der Waals surface area contributed by atoms with Crippen molar-refractivity contribution < 1.29 is 14.4 Å². The first-order chi connectivity index (χ1) is 13.3. The number of anilines is 1. The Bertz CT molecular complexity index is 697. The molecule has 28 heavy (non-hydrogen) atoms. The number of hydrogen-bond donors (Lipinski definition) is 2. The van der Waals surface area contributed by atoms with Crippen molar-refractivity contribution in [1.82, 2.24) is 15.1 Å². The molecular weight excluding hydrogens is 356 g/mol. The fourth-order valence-electron chi connectivity index (χ4n) is 3.16. The number of nitrogens with one attached hydrogen (secondary N) is 2. The summed E-state index contributed by atoms with van der Waals surface area (Å²) in [7, 11) is 3.47. The Morgan fingerprint density at radius 2 is 1.89 bits per heavy atom. The van der Waals surface area contributed by atoms with Crippen LogP contribution in [-0.2, 0) is 16.1 Å². The maximum Gasteiger partial charge on any atom is 0.319 e. The molecule has 1 aromatic carbocycles. The first kappa shape index (κ1) is 21.7. The van der Waals surface area contributed by atoms with Crippen LogP contribution in [0.2, 0.25) is 0 Å². The standard InChI is InChI=1S/C21H32N4O3/c1-5-15(2)19(26)23-18-8-6-7-16(13-18)14-22-20(27)17-9-11-25(12-10-17)21(28)24(3)4/h6-8,13,15,17H,5,9-12,14H2,1-4H3,(H,22,27)(H,23,26). The van der Waals surface area contributed by atoms with Crippen molar-refractivity contribution >= 4 is 23.5 Å². The molecule has 0 saturated carbocycles. The van der Waals surface area contributed by atoms with E-state index in [0.717, 1.165) is 17.7 Å². The molecule has 2 N–H and O–H groups in total. The van der Waals surface area contributed by atoms with E-state index in [1.807, 2.05) is 38.1 Å². The fraction of sp³-hybridized carbons (Fsp3) is 0.571. The zero-order valence-electron chi connectivity index (χ0n) is 17.3. The van der Waals surface area contributed by atoms with Gasteiger partial charge in [-0.25, -0.2) is 4.79 Å². The van der Waals surface area contributed by atoms with E-state index >= 15 is 0 Å². The van der Waals surface area contributed by atoms with Crippen LogP contribution in [0.5, 0.6) is 0 Å². The number of rotatable bonds is 6. The number of benzene rings is 1. The quantitative estimate of drug-likeness (QED) is 0.786. The molecule has 1 saturated heterocycles.